The van der Waals surface area contributed by atoms with Gasteiger partial charge in [0.25, 0.3) is 5.91 Å². The molecule has 2 aromatic carbocycles. The zero-order valence-electron chi connectivity index (χ0n) is 17.8. The predicted molar refractivity (Wildman–Crippen MR) is 125 cm³/mol. The fraction of sp³-hybridized carbons (Fsp3) is 0.208. The second kappa shape index (κ2) is 8.76. The van der Waals surface area contributed by atoms with Gasteiger partial charge < -0.3 is 9.84 Å². The van der Waals surface area contributed by atoms with Gasteiger partial charge in [0.15, 0.2) is 5.76 Å². The van der Waals surface area contributed by atoms with Crippen LogP contribution in [0, 0.1) is 13.8 Å². The molecule has 0 saturated heterocycles. The Morgan fingerprint density at radius 2 is 1.94 bits per heavy atom. The molecule has 32 heavy (non-hydrogen) atoms. The monoisotopic (exact) mass is 468 g/mol. The maximum absolute atomic E-state index is 13.6. The van der Waals surface area contributed by atoms with Crippen LogP contribution in [-0.4, -0.2) is 28.4 Å². The second-order valence-electron chi connectivity index (χ2n) is 7.30. The molecule has 8 heteroatoms. The van der Waals surface area contributed by atoms with Crippen molar-refractivity contribution in [1.82, 2.24) is 4.98 Å². The van der Waals surface area contributed by atoms with Gasteiger partial charge in [0.05, 0.1) is 33.8 Å². The van der Waals surface area contributed by atoms with Gasteiger partial charge in [0, 0.05) is 16.8 Å². The summed E-state index contributed by atoms with van der Waals surface area (Å²) in [7, 11) is 0. The van der Waals surface area contributed by atoms with E-state index in [-0.39, 0.29) is 5.57 Å². The van der Waals surface area contributed by atoms with Gasteiger partial charge in [-0.2, -0.15) is 0 Å². The van der Waals surface area contributed by atoms with Gasteiger partial charge >= 0.3 is 0 Å². The smallest absolute Gasteiger partial charge is 0.294 e. The number of nitrogens with zero attached hydrogens (tertiary/aromatic N) is 2. The Hall–Kier alpha value is -3.16. The van der Waals surface area contributed by atoms with Crippen molar-refractivity contribution in [2.75, 3.05) is 11.5 Å². The Kier molecular flexibility index (Phi) is 6.04. The number of benzene rings is 2. The van der Waals surface area contributed by atoms with Gasteiger partial charge in [-0.3, -0.25) is 14.5 Å². The van der Waals surface area contributed by atoms with Crippen LogP contribution in [0.4, 0.5) is 5.69 Å². The zero-order valence-corrected chi connectivity index (χ0v) is 19.3. The van der Waals surface area contributed by atoms with E-state index in [0.29, 0.717) is 39.2 Å². The number of thiazole rings is 1. The molecule has 1 aliphatic rings. The summed E-state index contributed by atoms with van der Waals surface area (Å²) in [4.78, 5) is 33.0. The zero-order chi connectivity index (χ0) is 23.0. The fourth-order valence-electron chi connectivity index (χ4n) is 3.82. The highest BCUT2D eigenvalue weighted by Gasteiger charge is 2.45. The van der Waals surface area contributed by atoms with Gasteiger partial charge in [-0.25, -0.2) is 4.98 Å². The number of aromatic nitrogens is 1. The maximum atomic E-state index is 13.6. The Labute approximate surface area is 194 Å². The third-order valence-electron chi connectivity index (χ3n) is 5.16. The highest BCUT2D eigenvalue weighted by atomic mass is 35.5. The summed E-state index contributed by atoms with van der Waals surface area (Å²) >= 11 is 7.31. The van der Waals surface area contributed by atoms with Gasteiger partial charge in [-0.1, -0.05) is 29.8 Å². The highest BCUT2D eigenvalue weighted by Crippen LogP contribution is 2.43. The van der Waals surface area contributed by atoms with Crippen LogP contribution in [0.3, 0.4) is 0 Å². The number of ether oxygens (including phenoxy) is 1. The first-order valence-corrected chi connectivity index (χ1v) is 11.2. The fourth-order valence-corrected chi connectivity index (χ4v) is 4.82. The van der Waals surface area contributed by atoms with E-state index in [1.54, 1.807) is 55.5 Å². The molecule has 1 unspecified atom stereocenters. The molecule has 164 valence electrons. The average Bonchev–Trinajstić information content (AvgIpc) is 3.24. The van der Waals surface area contributed by atoms with Crippen molar-refractivity contribution in [2.45, 2.75) is 26.8 Å². The summed E-state index contributed by atoms with van der Waals surface area (Å²) < 4.78 is 5.58. The Bertz CT molecular complexity index is 1230. The largest absolute Gasteiger partial charge is 0.503 e. The lowest BCUT2D eigenvalue weighted by atomic mass is 9.95. The molecular formula is C24H21ClN2O4S. The third kappa shape index (κ3) is 3.89. The minimum absolute atomic E-state index is 0.0193. The first-order chi connectivity index (χ1) is 15.3. The molecule has 4 rings (SSSR count). The van der Waals surface area contributed by atoms with E-state index in [2.05, 4.69) is 4.98 Å². The lowest BCUT2D eigenvalue weighted by Gasteiger charge is -2.27. The number of anilines is 1. The topological polar surface area (TPSA) is 79.7 Å². The number of Topliss-reactive ketones (excluding diaryl/α,β-unsaturated/α-hetero) is 1. The van der Waals surface area contributed by atoms with Gasteiger partial charge in [-0.15, -0.1) is 11.3 Å². The molecular weight excluding hydrogens is 448 g/mol. The molecule has 0 saturated carbocycles. The Balaban J connectivity index is 1.87. The molecule has 0 aliphatic carbocycles. The van der Waals surface area contributed by atoms with Crippen molar-refractivity contribution >= 4 is 40.3 Å². The van der Waals surface area contributed by atoms with E-state index in [1.165, 1.54) is 16.2 Å². The van der Waals surface area contributed by atoms with Crippen LogP contribution >= 0.6 is 22.9 Å². The number of amides is 1. The maximum Gasteiger partial charge on any atom is 0.294 e. The number of aliphatic hydroxyl groups excluding tert-OH is 1. The minimum atomic E-state index is -0.828. The first-order valence-electron chi connectivity index (χ1n) is 10.1. The van der Waals surface area contributed by atoms with Crippen LogP contribution in [0.25, 0.3) is 0 Å². The molecule has 0 bridgehead atoms. The van der Waals surface area contributed by atoms with Crippen molar-refractivity contribution in [1.29, 1.82) is 0 Å². The van der Waals surface area contributed by atoms with E-state index >= 15 is 0 Å². The Morgan fingerprint density at radius 3 is 2.56 bits per heavy atom. The lowest BCUT2D eigenvalue weighted by Crippen LogP contribution is -2.31. The number of hydrogen-bond donors (Lipinski definition) is 1. The van der Waals surface area contributed by atoms with E-state index in [4.69, 9.17) is 16.3 Å². The van der Waals surface area contributed by atoms with Crippen LogP contribution in [0.5, 0.6) is 5.75 Å². The molecule has 0 radical (unpaired) electrons. The molecule has 1 N–H and O–H groups in total. The number of aryl methyl sites for hydroxylation is 2. The lowest BCUT2D eigenvalue weighted by molar-refractivity contribution is -0.117. The number of carbonyl (C=O) groups excluding carboxylic acids is 2. The molecule has 1 amide bonds. The minimum Gasteiger partial charge on any atom is -0.503 e. The normalized spacial score (nSPS) is 16.1. The number of hydrogen-bond acceptors (Lipinski definition) is 6. The predicted octanol–water partition coefficient (Wildman–Crippen LogP) is 5.59. The van der Waals surface area contributed by atoms with Crippen LogP contribution in [0.1, 0.15) is 38.9 Å². The van der Waals surface area contributed by atoms with Gasteiger partial charge in [0.2, 0.25) is 5.78 Å². The third-order valence-corrected chi connectivity index (χ3v) is 6.48. The molecule has 6 nitrogen and oxygen atoms in total. The van der Waals surface area contributed by atoms with Crippen molar-refractivity contribution < 1.29 is 19.4 Å². The van der Waals surface area contributed by atoms with Crippen molar-refractivity contribution in [2.24, 2.45) is 0 Å². The standard InChI is InChI=1S/C24H21ClN2O4S/c1-4-31-18-7-5-6-17(12-18)27-20(15-8-10-16(25)11-9-15)19(22(29)24(27)30)21(28)23-13(2)26-14(3)32-23/h5-12,20,29H,4H2,1-3H3. The van der Waals surface area contributed by atoms with Crippen LogP contribution in [-0.2, 0) is 4.79 Å². The number of ketones is 1. The second-order valence-corrected chi connectivity index (χ2v) is 8.94. The average molecular weight is 469 g/mol. The molecule has 1 aliphatic heterocycles. The van der Waals surface area contributed by atoms with Crippen molar-refractivity contribution in [3.63, 3.8) is 0 Å². The van der Waals surface area contributed by atoms with Crippen LogP contribution in [0.2, 0.25) is 5.02 Å². The van der Waals surface area contributed by atoms with E-state index in [0.717, 1.165) is 5.01 Å². The first kappa shape index (κ1) is 22.0. The molecule has 1 aromatic heterocycles. The summed E-state index contributed by atoms with van der Waals surface area (Å²) in [6.45, 7) is 5.89. The molecule has 0 fully saturated rings. The SMILES string of the molecule is CCOc1cccc(N2C(=O)C(O)=C(C(=O)c3sc(C)nc3C)C2c2ccc(Cl)cc2)c1. The van der Waals surface area contributed by atoms with E-state index in [9.17, 15) is 14.7 Å². The summed E-state index contributed by atoms with van der Waals surface area (Å²) in [6, 6.07) is 13.1. The number of carbonyl (C=O) groups is 2. The van der Waals surface area contributed by atoms with Gasteiger partial charge in [-0.05, 0) is 50.6 Å². The molecule has 1 atom stereocenters. The summed E-state index contributed by atoms with van der Waals surface area (Å²) in [5.41, 5.74) is 1.74. The van der Waals surface area contributed by atoms with E-state index < -0.39 is 23.5 Å². The molecule has 0 spiro atoms. The van der Waals surface area contributed by atoms with E-state index in [1.807, 2.05) is 13.8 Å². The summed E-state index contributed by atoms with van der Waals surface area (Å²) in [6.07, 6.45) is 0. The number of rotatable bonds is 6. The quantitative estimate of drug-likeness (QED) is 0.476. The Morgan fingerprint density at radius 1 is 1.22 bits per heavy atom. The number of aliphatic hydroxyl groups is 1. The molecule has 2 heterocycles. The highest BCUT2D eigenvalue weighted by molar-refractivity contribution is 7.14. The molecule has 3 aromatic rings. The number of halogens is 1. The summed E-state index contributed by atoms with van der Waals surface area (Å²) in [5, 5.41) is 12.1. The van der Waals surface area contributed by atoms with Crippen molar-refractivity contribution in [3.05, 3.63) is 86.0 Å². The van der Waals surface area contributed by atoms with Crippen LogP contribution < -0.4 is 9.64 Å². The van der Waals surface area contributed by atoms with Crippen molar-refractivity contribution in [3.8, 4) is 5.75 Å². The van der Waals surface area contributed by atoms with Crippen LogP contribution in [0.15, 0.2) is 59.9 Å². The summed E-state index contributed by atoms with van der Waals surface area (Å²) in [5.74, 6) is -1.05. The van der Waals surface area contributed by atoms with Gasteiger partial charge in [0.1, 0.15) is 5.75 Å².